The number of nitrogens with zero attached hydrogens (tertiary/aromatic N) is 8. The SMILES string of the molecule is Nc1nc2c(nnn2C2OC3COP(=O)(O)OC4C(CNS(=O)(=O)OC2C3)OC(n2cnc3c(N)ncnc32)C4F)c(=O)[nH]1. The van der Waals surface area contributed by atoms with E-state index in [-0.39, 0.29) is 40.5 Å². The van der Waals surface area contributed by atoms with Crippen LogP contribution in [0.4, 0.5) is 16.2 Å². The minimum absolute atomic E-state index is 0.0132. The molecule has 4 aromatic rings. The molecule has 7 rings (SSSR count). The van der Waals surface area contributed by atoms with Gasteiger partial charge < -0.3 is 25.8 Å². The van der Waals surface area contributed by atoms with Crippen molar-refractivity contribution in [1.82, 2.24) is 49.2 Å². The molecule has 22 nitrogen and oxygen atoms in total. The van der Waals surface area contributed by atoms with Crippen molar-refractivity contribution in [3.63, 3.8) is 0 Å². The molecule has 0 aliphatic carbocycles. The molecule has 7 N–H and O–H groups in total. The van der Waals surface area contributed by atoms with Crippen LogP contribution in [-0.2, 0) is 37.6 Å². The highest BCUT2D eigenvalue weighted by atomic mass is 32.2. The lowest BCUT2D eigenvalue weighted by Gasteiger charge is -2.24. The van der Waals surface area contributed by atoms with Crippen molar-refractivity contribution in [2.45, 2.75) is 49.5 Å². The predicted molar refractivity (Wildman–Crippen MR) is 140 cm³/mol. The third-order valence-corrected chi connectivity index (χ3v) is 9.06. The van der Waals surface area contributed by atoms with Crippen molar-refractivity contribution in [1.29, 1.82) is 0 Å². The molecule has 7 heterocycles. The van der Waals surface area contributed by atoms with Crippen LogP contribution in [0.25, 0.3) is 22.3 Å². The molecule has 8 unspecified atom stereocenters. The van der Waals surface area contributed by atoms with Gasteiger partial charge in [0.25, 0.3) is 5.56 Å². The van der Waals surface area contributed by atoms with Gasteiger partial charge in [0.2, 0.25) is 5.95 Å². The first-order valence-corrected chi connectivity index (χ1v) is 15.6. The second-order valence-electron chi connectivity index (χ2n) is 9.91. The van der Waals surface area contributed by atoms with E-state index < -0.39 is 79.9 Å². The van der Waals surface area contributed by atoms with Crippen molar-refractivity contribution in [2.75, 3.05) is 24.6 Å². The van der Waals surface area contributed by atoms with Crippen molar-refractivity contribution in [2.24, 2.45) is 0 Å². The molecule has 4 aromatic heterocycles. The fourth-order valence-corrected chi connectivity index (χ4v) is 7.07. The van der Waals surface area contributed by atoms with Gasteiger partial charge in [-0.05, 0) is 0 Å². The highest BCUT2D eigenvalue weighted by molar-refractivity contribution is 7.84. The Morgan fingerprint density at radius 3 is 2.75 bits per heavy atom. The van der Waals surface area contributed by atoms with E-state index in [1.165, 1.54) is 10.9 Å². The Morgan fingerprint density at radius 2 is 1.93 bits per heavy atom. The smallest absolute Gasteiger partial charge is 0.382 e. The molecular weight excluding hydrogens is 638 g/mol. The van der Waals surface area contributed by atoms with Gasteiger partial charge in [0, 0.05) is 13.0 Å². The van der Waals surface area contributed by atoms with Crippen molar-refractivity contribution in [3.8, 4) is 0 Å². The van der Waals surface area contributed by atoms with Crippen molar-refractivity contribution >= 4 is 52.2 Å². The average molecular weight is 660 g/mol. The summed E-state index contributed by atoms with van der Waals surface area (Å²) in [5.74, 6) is -0.259. The summed E-state index contributed by atoms with van der Waals surface area (Å²) in [7, 11) is -9.65. The molecule has 236 valence electrons. The Labute approximate surface area is 243 Å². The molecule has 0 amide bonds. The van der Waals surface area contributed by atoms with Crippen molar-refractivity contribution in [3.05, 3.63) is 23.0 Å². The highest BCUT2D eigenvalue weighted by Gasteiger charge is 2.52. The largest absolute Gasteiger partial charge is 0.472 e. The second-order valence-corrected chi connectivity index (χ2v) is 12.7. The first-order chi connectivity index (χ1) is 20.9. The number of nitrogens with one attached hydrogen (secondary N) is 2. The van der Waals surface area contributed by atoms with Gasteiger partial charge in [0.05, 0.1) is 19.0 Å². The maximum atomic E-state index is 15.9. The van der Waals surface area contributed by atoms with Gasteiger partial charge in [-0.2, -0.15) is 22.8 Å². The zero-order valence-corrected chi connectivity index (χ0v) is 23.6. The zero-order chi connectivity index (χ0) is 31.0. The number of aromatic amines is 1. The van der Waals surface area contributed by atoms with Gasteiger partial charge in [-0.25, -0.2) is 28.1 Å². The number of halogens is 1. The fourth-order valence-electron chi connectivity index (χ4n) is 5.16. The van der Waals surface area contributed by atoms with Gasteiger partial charge >= 0.3 is 18.1 Å². The fraction of sp³-hybridized carbons (Fsp3) is 0.526. The number of anilines is 2. The summed E-state index contributed by atoms with van der Waals surface area (Å²) in [6.07, 6.45) is -8.64. The molecule has 3 aliphatic rings. The minimum Gasteiger partial charge on any atom is -0.382 e. The van der Waals surface area contributed by atoms with E-state index in [1.807, 2.05) is 0 Å². The lowest BCUT2D eigenvalue weighted by molar-refractivity contribution is -0.0546. The van der Waals surface area contributed by atoms with E-state index in [1.54, 1.807) is 0 Å². The molecule has 8 atom stereocenters. The normalized spacial score (nSPS) is 34.4. The maximum Gasteiger partial charge on any atom is 0.472 e. The summed E-state index contributed by atoms with van der Waals surface area (Å²) in [5.41, 5.74) is 10.6. The Hall–Kier alpha value is -3.74. The number of nitrogens with two attached hydrogens (primary N) is 2. The van der Waals surface area contributed by atoms with E-state index in [0.29, 0.717) is 0 Å². The van der Waals surface area contributed by atoms with Gasteiger partial charge in [-0.15, -0.1) is 5.10 Å². The van der Waals surface area contributed by atoms with E-state index in [4.69, 9.17) is 34.2 Å². The number of imidazole rings is 1. The average Bonchev–Trinajstić information content (AvgIpc) is 3.72. The molecule has 3 fully saturated rings. The van der Waals surface area contributed by atoms with Crippen LogP contribution in [0, 0.1) is 0 Å². The Bertz CT molecular complexity index is 1970. The van der Waals surface area contributed by atoms with Gasteiger partial charge in [0.15, 0.2) is 41.3 Å². The number of alkyl halides is 1. The van der Waals surface area contributed by atoms with Gasteiger partial charge in [-0.1, -0.05) is 5.21 Å². The summed E-state index contributed by atoms with van der Waals surface area (Å²) >= 11 is 0. The monoisotopic (exact) mass is 660 g/mol. The number of hydrogen-bond donors (Lipinski definition) is 5. The number of aromatic nitrogens is 9. The molecule has 3 aliphatic heterocycles. The molecule has 0 spiro atoms. The topological polar surface area (TPSA) is 302 Å². The molecule has 3 saturated heterocycles. The van der Waals surface area contributed by atoms with E-state index in [0.717, 1.165) is 11.0 Å². The highest BCUT2D eigenvalue weighted by Crippen LogP contribution is 2.50. The third-order valence-electron chi connectivity index (χ3n) is 7.06. The number of nitrogen functional groups attached to an aromatic ring is 2. The first-order valence-electron chi connectivity index (χ1n) is 12.7. The Morgan fingerprint density at radius 1 is 1.11 bits per heavy atom. The number of phosphoric ester groups is 1. The molecule has 2 bridgehead atoms. The third kappa shape index (κ3) is 5.08. The quantitative estimate of drug-likeness (QED) is 0.142. The number of fused-ring (bicyclic) bond motifs is 5. The Kier molecular flexibility index (Phi) is 6.87. The number of H-pyrrole nitrogens is 1. The number of hydrogen-bond acceptors (Lipinski definition) is 17. The number of phosphoric acid groups is 1. The molecule has 44 heavy (non-hydrogen) atoms. The van der Waals surface area contributed by atoms with Crippen LogP contribution >= 0.6 is 7.82 Å². The maximum absolute atomic E-state index is 15.9. The summed E-state index contributed by atoms with van der Waals surface area (Å²) < 4.78 is 86.5. The van der Waals surface area contributed by atoms with E-state index >= 15 is 4.39 Å². The van der Waals surface area contributed by atoms with Crippen LogP contribution in [0.2, 0.25) is 0 Å². The van der Waals surface area contributed by atoms with Gasteiger partial charge in [0.1, 0.15) is 30.2 Å². The molecule has 0 aromatic carbocycles. The lowest BCUT2D eigenvalue weighted by Crippen LogP contribution is -2.42. The summed E-state index contributed by atoms with van der Waals surface area (Å²) in [6, 6.07) is 0. The molecule has 0 saturated carbocycles. The van der Waals surface area contributed by atoms with Gasteiger partial charge in [-0.3, -0.25) is 23.4 Å². The van der Waals surface area contributed by atoms with Crippen LogP contribution in [0.15, 0.2) is 17.4 Å². The van der Waals surface area contributed by atoms with E-state index in [9.17, 15) is 22.7 Å². The molecule has 0 radical (unpaired) electrons. The van der Waals surface area contributed by atoms with Crippen molar-refractivity contribution < 1.29 is 45.0 Å². The lowest BCUT2D eigenvalue weighted by atomic mass is 10.1. The minimum atomic E-state index is -5.01. The zero-order valence-electron chi connectivity index (χ0n) is 21.9. The summed E-state index contributed by atoms with van der Waals surface area (Å²) in [6.45, 7) is -1.30. The van der Waals surface area contributed by atoms with Crippen LogP contribution in [-0.4, -0.2) is 102 Å². The second kappa shape index (κ2) is 10.4. The standard InChI is InChI=1S/C19H22FN12O10PS/c20-9-12-8(40-18(9)31-5-25-10-13(21)23-4-24-14(10)31)2-26-44(36,37)42-7-1-6(3-38-43(34,35)41-12)39-17(7)32-15-11(29-30-32)16(33)28-19(22)27-15/h4-9,12,17-18,26H,1-3H2,(H,34,35)(H2,21,23,24)(H3,22,27,28,33). The summed E-state index contributed by atoms with van der Waals surface area (Å²) in [5, 5.41) is 7.58. The van der Waals surface area contributed by atoms with Crippen LogP contribution in [0.3, 0.4) is 0 Å². The first kappa shape index (κ1) is 29.0. The predicted octanol–water partition coefficient (Wildman–Crippen LogP) is -2.22. The molecule has 25 heteroatoms. The summed E-state index contributed by atoms with van der Waals surface area (Å²) in [4.78, 5) is 40.9. The van der Waals surface area contributed by atoms with Crippen LogP contribution < -0.4 is 21.7 Å². The van der Waals surface area contributed by atoms with E-state index in [2.05, 4.69) is 40.0 Å². The number of rotatable bonds is 2. The number of ether oxygens (including phenoxy) is 2. The Balaban J connectivity index is 1.19. The van der Waals surface area contributed by atoms with Crippen LogP contribution in [0.5, 0.6) is 0 Å². The van der Waals surface area contributed by atoms with Crippen LogP contribution in [0.1, 0.15) is 18.9 Å². The molecular formula is C19H22FN12O10PS.